The van der Waals surface area contributed by atoms with Crippen molar-refractivity contribution >= 4 is 17.0 Å². The number of hydrogen-bond donors (Lipinski definition) is 3. The highest BCUT2D eigenvalue weighted by Gasteiger charge is 2.16. The molecule has 0 saturated carbocycles. The van der Waals surface area contributed by atoms with Crippen LogP contribution in [0.3, 0.4) is 0 Å². The average Bonchev–Trinajstić information content (AvgIpc) is 2.96. The number of aromatic amines is 1. The van der Waals surface area contributed by atoms with Gasteiger partial charge in [-0.1, -0.05) is 12.1 Å². The summed E-state index contributed by atoms with van der Waals surface area (Å²) in [5.74, 6) is -1.15. The van der Waals surface area contributed by atoms with E-state index in [2.05, 4.69) is 20.4 Å². The van der Waals surface area contributed by atoms with Crippen LogP contribution in [0, 0.1) is 18.7 Å². The van der Waals surface area contributed by atoms with Crippen LogP contribution in [0.4, 0.5) is 14.7 Å². The van der Waals surface area contributed by atoms with E-state index in [0.717, 1.165) is 0 Å². The minimum absolute atomic E-state index is 0.00738. The van der Waals surface area contributed by atoms with Gasteiger partial charge in [0, 0.05) is 6.54 Å². The van der Waals surface area contributed by atoms with Crippen LogP contribution in [-0.2, 0) is 17.8 Å². The number of hydrogen-bond acceptors (Lipinski definition) is 6. The molecule has 0 aliphatic rings. The molecule has 0 bridgehead atoms. The molecule has 0 radical (unpaired) electrons. The number of nitrogens with one attached hydrogen (secondary N) is 2. The normalized spacial score (nSPS) is 11.3. The van der Waals surface area contributed by atoms with Gasteiger partial charge in [0.15, 0.2) is 11.0 Å². The Morgan fingerprint density at radius 1 is 1.33 bits per heavy atom. The predicted molar refractivity (Wildman–Crippen MR) is 94.5 cm³/mol. The van der Waals surface area contributed by atoms with Gasteiger partial charge in [-0.05, 0) is 24.1 Å². The summed E-state index contributed by atoms with van der Waals surface area (Å²) >= 11 is 0. The van der Waals surface area contributed by atoms with Crippen molar-refractivity contribution in [3.05, 3.63) is 51.4 Å². The zero-order valence-corrected chi connectivity index (χ0v) is 14.6. The van der Waals surface area contributed by atoms with E-state index in [-0.39, 0.29) is 55.7 Å². The van der Waals surface area contributed by atoms with Crippen LogP contribution < -0.4 is 10.9 Å². The number of aromatic nitrogens is 4. The van der Waals surface area contributed by atoms with Crippen molar-refractivity contribution in [2.75, 3.05) is 25.1 Å². The number of H-pyrrole nitrogens is 1. The monoisotopic (exact) mass is 379 g/mol. The number of aliphatic hydroxyl groups is 1. The second-order valence-electron chi connectivity index (χ2n) is 5.90. The Kier molecular flexibility index (Phi) is 5.77. The lowest BCUT2D eigenvalue weighted by atomic mass is 10.1. The molecule has 8 nitrogen and oxygen atoms in total. The summed E-state index contributed by atoms with van der Waals surface area (Å²) in [6.45, 7) is 2.18. The number of rotatable bonds is 8. The summed E-state index contributed by atoms with van der Waals surface area (Å²) in [5.41, 5.74) is 0.448. The van der Waals surface area contributed by atoms with Gasteiger partial charge in [0.25, 0.3) is 11.5 Å². The molecular formula is C17H19F2N5O3. The van der Waals surface area contributed by atoms with Crippen LogP contribution in [0.15, 0.2) is 23.0 Å². The number of aliphatic hydroxyl groups excluding tert-OH is 1. The molecule has 2 aromatic heterocycles. The van der Waals surface area contributed by atoms with Gasteiger partial charge in [0.1, 0.15) is 5.82 Å². The van der Waals surface area contributed by atoms with Crippen molar-refractivity contribution in [3.8, 4) is 0 Å². The molecule has 10 heteroatoms. The van der Waals surface area contributed by atoms with Crippen molar-refractivity contribution < 1.29 is 18.6 Å². The molecule has 144 valence electrons. The maximum Gasteiger partial charge on any atom is 0.278 e. The van der Waals surface area contributed by atoms with Gasteiger partial charge >= 0.3 is 0 Å². The van der Waals surface area contributed by atoms with E-state index in [0.29, 0.717) is 11.1 Å². The number of aryl methyl sites for hydroxylation is 1. The first kappa shape index (κ1) is 18.9. The van der Waals surface area contributed by atoms with E-state index in [1.54, 1.807) is 19.1 Å². The van der Waals surface area contributed by atoms with E-state index in [9.17, 15) is 13.6 Å². The summed E-state index contributed by atoms with van der Waals surface area (Å²) < 4.78 is 34.0. The Hall–Kier alpha value is -2.85. The van der Waals surface area contributed by atoms with Crippen LogP contribution in [0.1, 0.15) is 11.1 Å². The molecule has 1 aromatic carbocycles. The molecular weight excluding hydrogens is 360 g/mol. The Labute approximate surface area is 152 Å². The van der Waals surface area contributed by atoms with Crippen molar-refractivity contribution in [1.29, 1.82) is 0 Å². The molecule has 3 N–H and O–H groups in total. The zero-order valence-electron chi connectivity index (χ0n) is 14.6. The summed E-state index contributed by atoms with van der Waals surface area (Å²) in [6, 6.07) is 4.77. The van der Waals surface area contributed by atoms with Gasteiger partial charge in [-0.25, -0.2) is 9.37 Å². The second-order valence-corrected chi connectivity index (χ2v) is 5.90. The van der Waals surface area contributed by atoms with E-state index in [1.807, 2.05) is 0 Å². The van der Waals surface area contributed by atoms with Crippen LogP contribution in [0.2, 0.25) is 0 Å². The Morgan fingerprint density at radius 3 is 2.89 bits per heavy atom. The molecule has 0 fully saturated rings. The molecule has 2 heterocycles. The fourth-order valence-electron chi connectivity index (χ4n) is 2.55. The van der Waals surface area contributed by atoms with E-state index in [1.165, 1.54) is 10.7 Å². The molecule has 0 saturated heterocycles. The van der Waals surface area contributed by atoms with Gasteiger partial charge in [0.05, 0.1) is 26.4 Å². The fourth-order valence-corrected chi connectivity index (χ4v) is 2.55. The van der Waals surface area contributed by atoms with Crippen molar-refractivity contribution in [2.24, 2.45) is 0 Å². The minimum Gasteiger partial charge on any atom is -0.394 e. The molecule has 0 amide bonds. The Bertz CT molecular complexity index is 1000. The molecule has 0 spiro atoms. The molecule has 0 aliphatic heterocycles. The quantitative estimate of drug-likeness (QED) is 0.510. The van der Waals surface area contributed by atoms with Gasteiger partial charge in [0.2, 0.25) is 5.95 Å². The molecule has 3 rings (SSSR count). The van der Waals surface area contributed by atoms with E-state index >= 15 is 0 Å². The second kappa shape index (κ2) is 8.23. The number of benzene rings is 1. The summed E-state index contributed by atoms with van der Waals surface area (Å²) in [5, 5.41) is 15.2. The molecule has 0 aliphatic carbocycles. The Balaban J connectivity index is 1.78. The summed E-state index contributed by atoms with van der Waals surface area (Å²) in [7, 11) is 0. The topological polar surface area (TPSA) is 105 Å². The average molecular weight is 379 g/mol. The first-order valence-corrected chi connectivity index (χ1v) is 8.33. The lowest BCUT2D eigenvalue weighted by Crippen LogP contribution is -2.17. The molecule has 27 heavy (non-hydrogen) atoms. The maximum atomic E-state index is 14.1. The van der Waals surface area contributed by atoms with Crippen molar-refractivity contribution in [1.82, 2.24) is 19.7 Å². The van der Waals surface area contributed by atoms with Crippen LogP contribution in [0.5, 0.6) is 0 Å². The molecule has 0 atom stereocenters. The van der Waals surface area contributed by atoms with Crippen molar-refractivity contribution in [2.45, 2.75) is 20.0 Å². The lowest BCUT2D eigenvalue weighted by molar-refractivity contribution is 0.0857. The third-order valence-electron chi connectivity index (χ3n) is 3.94. The van der Waals surface area contributed by atoms with Crippen LogP contribution in [-0.4, -0.2) is 44.7 Å². The smallest absolute Gasteiger partial charge is 0.278 e. The standard InChI is InChI=1S/C17H19F2N5O3/c1-10-2-3-11(8-12(10)18)9-20-17-21-13-14(16(26)22-17)24(23-15(13)19)4-6-27-7-5-25/h2-3,8,25H,4-7,9H2,1H3,(H2,20,21,22,26). The highest BCUT2D eigenvalue weighted by molar-refractivity contribution is 5.74. The first-order valence-electron chi connectivity index (χ1n) is 8.33. The third kappa shape index (κ3) is 4.29. The highest BCUT2D eigenvalue weighted by atomic mass is 19.1. The minimum atomic E-state index is -0.873. The lowest BCUT2D eigenvalue weighted by Gasteiger charge is -2.07. The maximum absolute atomic E-state index is 14.1. The zero-order chi connectivity index (χ0) is 19.4. The number of halogens is 2. The van der Waals surface area contributed by atoms with Gasteiger partial charge < -0.3 is 15.2 Å². The first-order chi connectivity index (χ1) is 13.0. The number of fused-ring (bicyclic) bond motifs is 1. The summed E-state index contributed by atoms with van der Waals surface area (Å²) in [6.07, 6.45) is 0. The predicted octanol–water partition coefficient (Wildman–Crippen LogP) is 1.33. The van der Waals surface area contributed by atoms with Gasteiger partial charge in [-0.15, -0.1) is 5.10 Å². The number of ether oxygens (including phenoxy) is 1. The van der Waals surface area contributed by atoms with Crippen LogP contribution in [0.25, 0.3) is 11.0 Å². The number of anilines is 1. The van der Waals surface area contributed by atoms with E-state index < -0.39 is 11.5 Å². The van der Waals surface area contributed by atoms with Crippen LogP contribution >= 0.6 is 0 Å². The van der Waals surface area contributed by atoms with Gasteiger partial charge in [-0.3, -0.25) is 14.5 Å². The third-order valence-corrected chi connectivity index (χ3v) is 3.94. The molecule has 0 unspecified atom stereocenters. The summed E-state index contributed by atoms with van der Waals surface area (Å²) in [4.78, 5) is 18.9. The van der Waals surface area contributed by atoms with Gasteiger partial charge in [-0.2, -0.15) is 4.39 Å². The van der Waals surface area contributed by atoms with Crippen molar-refractivity contribution in [3.63, 3.8) is 0 Å². The highest BCUT2D eigenvalue weighted by Crippen LogP contribution is 2.14. The SMILES string of the molecule is Cc1ccc(CNc2nc3c(F)nn(CCOCCO)c3c(=O)[nH]2)cc1F. The fraction of sp³-hybridized carbons (Fsp3) is 0.353. The number of nitrogens with zero attached hydrogens (tertiary/aromatic N) is 3. The Morgan fingerprint density at radius 2 is 2.15 bits per heavy atom. The molecule has 3 aromatic rings. The van der Waals surface area contributed by atoms with E-state index in [4.69, 9.17) is 9.84 Å². The largest absolute Gasteiger partial charge is 0.394 e.